The second kappa shape index (κ2) is 13.2. The lowest BCUT2D eigenvalue weighted by Crippen LogP contribution is -2.07. The molecule has 0 unspecified atom stereocenters. The van der Waals surface area contributed by atoms with Crippen molar-refractivity contribution in [3.63, 3.8) is 0 Å². The van der Waals surface area contributed by atoms with Gasteiger partial charge in [0.05, 0.1) is 14.2 Å². The van der Waals surface area contributed by atoms with Crippen LogP contribution >= 0.6 is 0 Å². The molecule has 0 fully saturated rings. The highest BCUT2D eigenvalue weighted by Gasteiger charge is 2.06. The smallest absolute Gasteiger partial charge is 0.311 e. The van der Waals surface area contributed by atoms with E-state index in [0.29, 0.717) is 24.3 Å². The average Bonchev–Trinajstić information content (AvgIpc) is 2.76. The Balaban J connectivity index is 1.47. The summed E-state index contributed by atoms with van der Waals surface area (Å²) < 4.78 is 20.7. The molecule has 2 aromatic carbocycles. The Morgan fingerprint density at radius 1 is 0.533 bits per heavy atom. The fourth-order valence-corrected chi connectivity index (χ4v) is 2.90. The molecule has 0 aliphatic rings. The lowest BCUT2D eigenvalue weighted by Gasteiger charge is -2.06. The molecule has 0 radical (unpaired) electrons. The zero-order valence-corrected chi connectivity index (χ0v) is 17.7. The molecule has 0 saturated carbocycles. The number of carbonyl (C=O) groups excluding carboxylic acids is 2. The van der Waals surface area contributed by atoms with Crippen molar-refractivity contribution in [3.05, 3.63) is 48.5 Å². The Bertz CT molecular complexity index is 700. The van der Waals surface area contributed by atoms with E-state index in [1.54, 1.807) is 62.8 Å². The third-order valence-electron chi connectivity index (χ3n) is 4.59. The standard InChI is InChI=1S/C24H30O6/c1-27-19-11-15-21(16-12-19)29-23(25)9-7-5-3-4-6-8-10-24(26)30-22-17-13-20(28-2)14-18-22/h11-18H,3-10H2,1-2H3. The van der Waals surface area contributed by atoms with Crippen LogP contribution in [-0.2, 0) is 9.59 Å². The predicted octanol–water partition coefficient (Wildman–Crippen LogP) is 5.34. The van der Waals surface area contributed by atoms with E-state index in [9.17, 15) is 9.59 Å². The predicted molar refractivity (Wildman–Crippen MR) is 114 cm³/mol. The molecule has 0 aliphatic carbocycles. The number of ether oxygens (including phenoxy) is 4. The zero-order chi connectivity index (χ0) is 21.6. The molecule has 0 aliphatic heterocycles. The second-order valence-electron chi connectivity index (χ2n) is 6.92. The summed E-state index contributed by atoms with van der Waals surface area (Å²) in [5.41, 5.74) is 0. The average molecular weight is 414 g/mol. The van der Waals surface area contributed by atoms with Crippen molar-refractivity contribution in [1.29, 1.82) is 0 Å². The van der Waals surface area contributed by atoms with Crippen molar-refractivity contribution < 1.29 is 28.5 Å². The van der Waals surface area contributed by atoms with Gasteiger partial charge in [0.25, 0.3) is 0 Å². The molecule has 0 atom stereocenters. The van der Waals surface area contributed by atoms with Crippen LogP contribution in [0.4, 0.5) is 0 Å². The summed E-state index contributed by atoms with van der Waals surface area (Å²) in [7, 11) is 3.18. The number of benzene rings is 2. The van der Waals surface area contributed by atoms with E-state index in [1.165, 1.54) is 0 Å². The molecule has 0 aromatic heterocycles. The maximum absolute atomic E-state index is 11.9. The molecular weight excluding hydrogens is 384 g/mol. The van der Waals surface area contributed by atoms with Gasteiger partial charge in [-0.25, -0.2) is 0 Å². The van der Waals surface area contributed by atoms with Crippen LogP contribution in [0.2, 0.25) is 0 Å². The van der Waals surface area contributed by atoms with Crippen LogP contribution in [0.25, 0.3) is 0 Å². The van der Waals surface area contributed by atoms with Gasteiger partial charge in [0.1, 0.15) is 23.0 Å². The van der Waals surface area contributed by atoms with Gasteiger partial charge in [0.15, 0.2) is 0 Å². The van der Waals surface area contributed by atoms with Crippen molar-refractivity contribution >= 4 is 11.9 Å². The van der Waals surface area contributed by atoms with E-state index in [0.717, 1.165) is 50.0 Å². The van der Waals surface area contributed by atoms with Gasteiger partial charge < -0.3 is 18.9 Å². The summed E-state index contributed by atoms with van der Waals surface area (Å²) in [6, 6.07) is 13.9. The molecule has 30 heavy (non-hydrogen) atoms. The van der Waals surface area contributed by atoms with Gasteiger partial charge in [-0.1, -0.05) is 25.7 Å². The molecule has 6 heteroatoms. The number of carbonyl (C=O) groups is 2. The van der Waals surface area contributed by atoms with Crippen LogP contribution in [0.5, 0.6) is 23.0 Å². The van der Waals surface area contributed by atoms with Gasteiger partial charge in [0, 0.05) is 12.8 Å². The number of hydrogen-bond acceptors (Lipinski definition) is 6. The maximum Gasteiger partial charge on any atom is 0.311 e. The molecular formula is C24H30O6. The van der Waals surface area contributed by atoms with Gasteiger partial charge in [-0.05, 0) is 61.4 Å². The summed E-state index contributed by atoms with van der Waals surface area (Å²) in [4.78, 5) is 23.7. The topological polar surface area (TPSA) is 71.1 Å². The molecule has 0 bridgehead atoms. The van der Waals surface area contributed by atoms with E-state index in [2.05, 4.69) is 0 Å². The molecule has 2 rings (SSSR count). The summed E-state index contributed by atoms with van der Waals surface area (Å²) in [5.74, 6) is 2.07. The number of rotatable bonds is 13. The Morgan fingerprint density at radius 2 is 0.833 bits per heavy atom. The van der Waals surface area contributed by atoms with Gasteiger partial charge in [0.2, 0.25) is 0 Å². The Kier molecular flexibility index (Phi) is 10.3. The lowest BCUT2D eigenvalue weighted by molar-refractivity contribution is -0.135. The minimum absolute atomic E-state index is 0.221. The molecule has 162 valence electrons. The SMILES string of the molecule is COc1ccc(OC(=O)CCCCCCCCC(=O)Oc2ccc(OC)cc2)cc1. The van der Waals surface area contributed by atoms with E-state index in [-0.39, 0.29) is 11.9 Å². The van der Waals surface area contributed by atoms with Crippen molar-refractivity contribution in [2.45, 2.75) is 51.4 Å². The fraction of sp³-hybridized carbons (Fsp3) is 0.417. The fourth-order valence-electron chi connectivity index (χ4n) is 2.90. The quantitative estimate of drug-likeness (QED) is 0.250. The van der Waals surface area contributed by atoms with Gasteiger partial charge in [-0.3, -0.25) is 9.59 Å². The first kappa shape index (κ1) is 23.3. The van der Waals surface area contributed by atoms with Gasteiger partial charge in [-0.15, -0.1) is 0 Å². The van der Waals surface area contributed by atoms with E-state index < -0.39 is 0 Å². The first-order valence-electron chi connectivity index (χ1n) is 10.3. The largest absolute Gasteiger partial charge is 0.497 e. The number of esters is 2. The van der Waals surface area contributed by atoms with Crippen LogP contribution in [-0.4, -0.2) is 26.2 Å². The van der Waals surface area contributed by atoms with E-state index in [1.807, 2.05) is 0 Å². The third kappa shape index (κ3) is 8.99. The molecule has 0 spiro atoms. The summed E-state index contributed by atoms with van der Waals surface area (Å²) in [6.07, 6.45) is 6.40. The van der Waals surface area contributed by atoms with Crippen LogP contribution in [0.3, 0.4) is 0 Å². The van der Waals surface area contributed by atoms with Crippen molar-refractivity contribution in [2.75, 3.05) is 14.2 Å². The molecule has 2 aromatic rings. The number of methoxy groups -OCH3 is 2. The van der Waals surface area contributed by atoms with E-state index in [4.69, 9.17) is 18.9 Å². The molecule has 6 nitrogen and oxygen atoms in total. The maximum atomic E-state index is 11.9. The Morgan fingerprint density at radius 3 is 1.17 bits per heavy atom. The Labute approximate surface area is 178 Å². The highest BCUT2D eigenvalue weighted by molar-refractivity contribution is 5.72. The summed E-state index contributed by atoms with van der Waals surface area (Å²) in [5, 5.41) is 0. The molecule has 0 amide bonds. The number of unbranched alkanes of at least 4 members (excludes halogenated alkanes) is 5. The van der Waals surface area contributed by atoms with Crippen LogP contribution < -0.4 is 18.9 Å². The van der Waals surface area contributed by atoms with Crippen molar-refractivity contribution in [3.8, 4) is 23.0 Å². The second-order valence-corrected chi connectivity index (χ2v) is 6.92. The highest BCUT2D eigenvalue weighted by atomic mass is 16.5. The van der Waals surface area contributed by atoms with Crippen molar-refractivity contribution in [2.24, 2.45) is 0 Å². The van der Waals surface area contributed by atoms with Gasteiger partial charge in [-0.2, -0.15) is 0 Å². The minimum atomic E-state index is -0.221. The van der Waals surface area contributed by atoms with Gasteiger partial charge >= 0.3 is 11.9 Å². The van der Waals surface area contributed by atoms with Crippen molar-refractivity contribution in [1.82, 2.24) is 0 Å². The monoisotopic (exact) mass is 414 g/mol. The third-order valence-corrected chi connectivity index (χ3v) is 4.59. The normalized spacial score (nSPS) is 10.3. The lowest BCUT2D eigenvalue weighted by atomic mass is 10.1. The van der Waals surface area contributed by atoms with E-state index >= 15 is 0 Å². The van der Waals surface area contributed by atoms with Crippen LogP contribution in [0, 0.1) is 0 Å². The number of hydrogen-bond donors (Lipinski definition) is 0. The molecule has 0 saturated heterocycles. The molecule has 0 heterocycles. The summed E-state index contributed by atoms with van der Waals surface area (Å²) in [6.45, 7) is 0. The first-order valence-corrected chi connectivity index (χ1v) is 10.3. The molecule has 0 N–H and O–H groups in total. The van der Waals surface area contributed by atoms with Crippen LogP contribution in [0.15, 0.2) is 48.5 Å². The highest BCUT2D eigenvalue weighted by Crippen LogP contribution is 2.19. The summed E-state index contributed by atoms with van der Waals surface area (Å²) >= 11 is 0. The Hall–Kier alpha value is -3.02. The zero-order valence-electron chi connectivity index (χ0n) is 17.7. The first-order chi connectivity index (χ1) is 14.6. The van der Waals surface area contributed by atoms with Crippen LogP contribution in [0.1, 0.15) is 51.4 Å². The minimum Gasteiger partial charge on any atom is -0.497 e.